The van der Waals surface area contributed by atoms with Gasteiger partial charge in [0.05, 0.1) is 5.69 Å². The van der Waals surface area contributed by atoms with E-state index in [0.29, 0.717) is 17.6 Å². The molecule has 2 nitrogen and oxygen atoms in total. The lowest BCUT2D eigenvalue weighted by Gasteiger charge is -2.11. The van der Waals surface area contributed by atoms with Crippen LogP contribution < -0.4 is 10.1 Å². The summed E-state index contributed by atoms with van der Waals surface area (Å²) in [5, 5.41) is 2.87. The van der Waals surface area contributed by atoms with E-state index in [1.54, 1.807) is 0 Å². The van der Waals surface area contributed by atoms with Crippen molar-refractivity contribution >= 4 is 21.6 Å². The summed E-state index contributed by atoms with van der Waals surface area (Å²) in [5.41, 5.74) is 0.234. The topological polar surface area (TPSA) is 21.3 Å². The lowest BCUT2D eigenvalue weighted by Crippen LogP contribution is -2.12. The Hall–Kier alpha value is -1.62. The van der Waals surface area contributed by atoms with Gasteiger partial charge in [-0.15, -0.1) is 0 Å². The molecule has 0 saturated heterocycles. The minimum atomic E-state index is -0.633. The van der Waals surface area contributed by atoms with Gasteiger partial charge in [0.1, 0.15) is 24.0 Å². The summed E-state index contributed by atoms with van der Waals surface area (Å²) in [7, 11) is 0. The quantitative estimate of drug-likeness (QED) is 0.830. The zero-order valence-electron chi connectivity index (χ0n) is 10.00. The lowest BCUT2D eigenvalue weighted by atomic mass is 10.3. The van der Waals surface area contributed by atoms with E-state index < -0.39 is 11.6 Å². The molecule has 0 heterocycles. The molecular weight excluding hydrogens is 316 g/mol. The Morgan fingerprint density at radius 2 is 1.84 bits per heavy atom. The summed E-state index contributed by atoms with van der Waals surface area (Å²) in [6.45, 7) is 0.795. The molecule has 0 saturated carbocycles. The molecule has 0 aliphatic heterocycles. The number of hydrogen-bond donors (Lipinski definition) is 1. The molecule has 0 atom stereocenters. The molecule has 0 spiro atoms. The highest BCUT2D eigenvalue weighted by atomic mass is 79.9. The van der Waals surface area contributed by atoms with Crippen LogP contribution in [0.1, 0.15) is 0 Å². The number of ether oxygens (including phenoxy) is 1. The van der Waals surface area contributed by atoms with Gasteiger partial charge >= 0.3 is 0 Å². The molecule has 2 aromatic rings. The van der Waals surface area contributed by atoms with Crippen LogP contribution in [0, 0.1) is 11.6 Å². The van der Waals surface area contributed by atoms with Crippen LogP contribution in [0.5, 0.6) is 5.75 Å². The van der Waals surface area contributed by atoms with Gasteiger partial charge in [-0.1, -0.05) is 18.2 Å². The number of hydrogen-bond acceptors (Lipinski definition) is 2. The Labute approximate surface area is 118 Å². The normalized spacial score (nSPS) is 10.3. The monoisotopic (exact) mass is 327 g/mol. The molecule has 1 N–H and O–H groups in total. The van der Waals surface area contributed by atoms with Crippen molar-refractivity contribution in [3.8, 4) is 5.75 Å². The van der Waals surface area contributed by atoms with E-state index in [9.17, 15) is 8.78 Å². The van der Waals surface area contributed by atoms with Crippen molar-refractivity contribution in [1.82, 2.24) is 0 Å². The van der Waals surface area contributed by atoms with Crippen molar-refractivity contribution in [2.45, 2.75) is 0 Å². The Balaban J connectivity index is 1.86. The summed E-state index contributed by atoms with van der Waals surface area (Å²) < 4.78 is 32.2. The predicted octanol–water partition coefficient (Wildman–Crippen LogP) is 4.22. The molecule has 0 aliphatic rings. The second-order valence-electron chi connectivity index (χ2n) is 3.83. The molecule has 0 fully saturated rings. The molecule has 0 unspecified atom stereocenters. The van der Waals surface area contributed by atoms with Crippen LogP contribution in [-0.2, 0) is 0 Å². The van der Waals surface area contributed by atoms with Crippen molar-refractivity contribution in [2.75, 3.05) is 18.5 Å². The van der Waals surface area contributed by atoms with E-state index in [2.05, 4.69) is 21.2 Å². The third-order valence-electron chi connectivity index (χ3n) is 2.42. The first kappa shape index (κ1) is 13.8. The smallest absolute Gasteiger partial charge is 0.150 e. The van der Waals surface area contributed by atoms with Crippen LogP contribution in [0.3, 0.4) is 0 Å². The summed E-state index contributed by atoms with van der Waals surface area (Å²) >= 11 is 3.11. The van der Waals surface area contributed by atoms with Crippen LogP contribution in [0.15, 0.2) is 46.9 Å². The van der Waals surface area contributed by atoms with Crippen LogP contribution in [0.2, 0.25) is 0 Å². The van der Waals surface area contributed by atoms with E-state index in [1.165, 1.54) is 6.07 Å². The van der Waals surface area contributed by atoms with E-state index in [0.717, 1.165) is 11.8 Å². The molecule has 0 amide bonds. The highest BCUT2D eigenvalue weighted by molar-refractivity contribution is 9.10. The molecule has 5 heteroatoms. The van der Waals surface area contributed by atoms with Crippen LogP contribution in [0.25, 0.3) is 0 Å². The highest BCUT2D eigenvalue weighted by Crippen LogP contribution is 2.26. The Morgan fingerprint density at radius 3 is 2.53 bits per heavy atom. The molecule has 0 aromatic heterocycles. The number of anilines is 1. The lowest BCUT2D eigenvalue weighted by molar-refractivity contribution is 0.332. The van der Waals surface area contributed by atoms with Crippen molar-refractivity contribution < 1.29 is 13.5 Å². The minimum absolute atomic E-state index is 0.234. The molecule has 2 aromatic carbocycles. The van der Waals surface area contributed by atoms with E-state index >= 15 is 0 Å². The van der Waals surface area contributed by atoms with Gasteiger partial charge in [-0.3, -0.25) is 0 Å². The first-order valence-corrected chi connectivity index (χ1v) is 6.52. The fourth-order valence-corrected chi connectivity index (χ4v) is 2.12. The minimum Gasteiger partial charge on any atom is -0.492 e. The number of halogens is 3. The van der Waals surface area contributed by atoms with Crippen LogP contribution in [0.4, 0.5) is 14.5 Å². The average molecular weight is 328 g/mol. The van der Waals surface area contributed by atoms with Crippen LogP contribution >= 0.6 is 15.9 Å². The van der Waals surface area contributed by atoms with E-state index in [-0.39, 0.29) is 5.69 Å². The fraction of sp³-hybridized carbons (Fsp3) is 0.143. The number of rotatable bonds is 5. The van der Waals surface area contributed by atoms with E-state index in [4.69, 9.17) is 4.74 Å². The number of nitrogens with one attached hydrogen (secondary N) is 1. The van der Waals surface area contributed by atoms with Crippen LogP contribution in [-0.4, -0.2) is 13.2 Å². The summed E-state index contributed by atoms with van der Waals surface area (Å²) in [4.78, 5) is 0. The highest BCUT2D eigenvalue weighted by Gasteiger charge is 2.08. The number of benzene rings is 2. The zero-order valence-corrected chi connectivity index (χ0v) is 11.6. The van der Waals surface area contributed by atoms with Gasteiger partial charge in [0.2, 0.25) is 0 Å². The standard InChI is InChI=1S/C14H12BrF2NO/c15-12-8-10(16)9-13(17)14(12)18-6-7-19-11-4-2-1-3-5-11/h1-5,8-9,18H,6-7H2. The third-order valence-corrected chi connectivity index (χ3v) is 3.05. The van der Waals surface area contributed by atoms with Gasteiger partial charge in [0.25, 0.3) is 0 Å². The summed E-state index contributed by atoms with van der Waals surface area (Å²) in [6, 6.07) is 11.4. The number of para-hydroxylation sites is 1. The first-order valence-electron chi connectivity index (χ1n) is 5.73. The Bertz CT molecular complexity index is 525. The maximum absolute atomic E-state index is 13.5. The second kappa shape index (κ2) is 6.52. The third kappa shape index (κ3) is 3.92. The maximum Gasteiger partial charge on any atom is 0.150 e. The molecule has 100 valence electrons. The predicted molar refractivity (Wildman–Crippen MR) is 74.5 cm³/mol. The van der Waals surface area contributed by atoms with Crippen molar-refractivity contribution in [2.24, 2.45) is 0 Å². The Kier molecular flexibility index (Phi) is 4.74. The summed E-state index contributed by atoms with van der Waals surface area (Å²) in [5.74, 6) is -0.495. The SMILES string of the molecule is Fc1cc(F)c(NCCOc2ccccc2)c(Br)c1. The average Bonchev–Trinajstić information content (AvgIpc) is 2.38. The van der Waals surface area contributed by atoms with Crippen molar-refractivity contribution in [3.05, 3.63) is 58.6 Å². The second-order valence-corrected chi connectivity index (χ2v) is 4.69. The molecule has 2 rings (SSSR count). The first-order chi connectivity index (χ1) is 9.16. The van der Waals surface area contributed by atoms with Gasteiger partial charge < -0.3 is 10.1 Å². The molecule has 19 heavy (non-hydrogen) atoms. The molecule has 0 aliphatic carbocycles. The zero-order chi connectivity index (χ0) is 13.7. The molecular formula is C14H12BrF2NO. The van der Waals surface area contributed by atoms with Crippen molar-refractivity contribution in [3.63, 3.8) is 0 Å². The van der Waals surface area contributed by atoms with Gasteiger partial charge in [-0.25, -0.2) is 8.78 Å². The summed E-state index contributed by atoms with van der Waals surface area (Å²) in [6.07, 6.45) is 0. The fourth-order valence-electron chi connectivity index (χ4n) is 1.57. The van der Waals surface area contributed by atoms with Gasteiger partial charge in [-0.05, 0) is 34.1 Å². The molecule has 0 radical (unpaired) electrons. The van der Waals surface area contributed by atoms with Gasteiger partial charge in [0.15, 0.2) is 0 Å². The largest absolute Gasteiger partial charge is 0.492 e. The Morgan fingerprint density at radius 1 is 1.11 bits per heavy atom. The maximum atomic E-state index is 13.5. The van der Waals surface area contributed by atoms with Crippen molar-refractivity contribution in [1.29, 1.82) is 0 Å². The van der Waals surface area contributed by atoms with Gasteiger partial charge in [-0.2, -0.15) is 0 Å². The van der Waals surface area contributed by atoms with E-state index in [1.807, 2.05) is 30.3 Å². The van der Waals surface area contributed by atoms with Gasteiger partial charge in [0, 0.05) is 17.1 Å². The molecule has 0 bridgehead atoms.